The summed E-state index contributed by atoms with van der Waals surface area (Å²) in [7, 11) is 1.27. The van der Waals surface area contributed by atoms with E-state index in [2.05, 4.69) is 15.0 Å². The van der Waals surface area contributed by atoms with Crippen molar-refractivity contribution < 1.29 is 28.2 Å². The lowest BCUT2D eigenvalue weighted by Gasteiger charge is -2.07. The van der Waals surface area contributed by atoms with Crippen LogP contribution < -0.4 is 10.1 Å². The van der Waals surface area contributed by atoms with Crippen molar-refractivity contribution in [2.45, 2.75) is 6.61 Å². The first kappa shape index (κ1) is 21.5. The monoisotopic (exact) mass is 422 g/mol. The van der Waals surface area contributed by atoms with Gasteiger partial charge in [-0.3, -0.25) is 10.3 Å². The van der Waals surface area contributed by atoms with Crippen LogP contribution in [0, 0.1) is 5.82 Å². The Hall–Kier alpha value is -4.20. The molecule has 0 spiro atoms. The highest BCUT2D eigenvalue weighted by atomic mass is 19.1. The number of carbonyl (C=O) groups excluding carboxylic acids is 2. The number of amides is 1. The van der Waals surface area contributed by atoms with Crippen LogP contribution in [0.2, 0.25) is 0 Å². The van der Waals surface area contributed by atoms with Gasteiger partial charge in [-0.05, 0) is 53.6 Å². The zero-order valence-corrected chi connectivity index (χ0v) is 16.6. The summed E-state index contributed by atoms with van der Waals surface area (Å²) in [5.41, 5.74) is 1.77. The van der Waals surface area contributed by atoms with Gasteiger partial charge in [-0.2, -0.15) is 0 Å². The number of nitrogens with one attached hydrogen (secondary N) is 1. The second-order valence-corrected chi connectivity index (χ2v) is 6.24. The summed E-state index contributed by atoms with van der Waals surface area (Å²) in [6, 6.07) is 14.4. The van der Waals surface area contributed by atoms with Gasteiger partial charge in [-0.15, -0.1) is 0 Å². The van der Waals surface area contributed by atoms with Crippen LogP contribution in [0.3, 0.4) is 0 Å². The third-order valence-corrected chi connectivity index (χ3v) is 4.00. The molecular weight excluding hydrogens is 403 g/mol. The minimum absolute atomic E-state index is 0.0495. The highest BCUT2D eigenvalue weighted by Crippen LogP contribution is 2.24. The molecule has 3 aromatic rings. The molecule has 158 valence electrons. The summed E-state index contributed by atoms with van der Waals surface area (Å²) in [5.74, 6) is -0.673. The highest BCUT2D eigenvalue weighted by Gasteiger charge is 2.06. The molecule has 0 fully saturated rings. The number of hydrogen-bond donors (Lipinski definition) is 1. The standard InChI is InChI=1S/C23H19FN2O5/c1-29-23(28)26-18-8-4-17(5-9-18)15-30-22(27)11-7-16-6-10-21(20(24)13-16)31-19-3-2-12-25-14-19/h2-14H,15H2,1H3,(H,26,28)/b11-7+. The van der Waals surface area contributed by atoms with Crippen LogP contribution in [0.15, 0.2) is 73.1 Å². The summed E-state index contributed by atoms with van der Waals surface area (Å²) >= 11 is 0. The number of halogens is 1. The first-order chi connectivity index (χ1) is 15.0. The van der Waals surface area contributed by atoms with Crippen LogP contribution in [-0.4, -0.2) is 24.2 Å². The Morgan fingerprint density at radius 1 is 1.13 bits per heavy atom. The number of methoxy groups -OCH3 is 1. The van der Waals surface area contributed by atoms with E-state index in [1.807, 2.05) is 0 Å². The number of rotatable bonds is 7. The number of anilines is 1. The molecule has 7 nitrogen and oxygen atoms in total. The number of pyridine rings is 1. The molecule has 1 heterocycles. The van der Waals surface area contributed by atoms with E-state index < -0.39 is 17.9 Å². The normalized spacial score (nSPS) is 10.5. The number of carbonyl (C=O) groups is 2. The molecule has 0 aliphatic heterocycles. The van der Waals surface area contributed by atoms with Crippen LogP contribution in [0.4, 0.5) is 14.9 Å². The van der Waals surface area contributed by atoms with Gasteiger partial charge < -0.3 is 14.2 Å². The number of esters is 1. The first-order valence-corrected chi connectivity index (χ1v) is 9.19. The number of benzene rings is 2. The molecule has 2 aromatic carbocycles. The van der Waals surface area contributed by atoms with E-state index in [0.717, 1.165) is 5.56 Å². The van der Waals surface area contributed by atoms with Gasteiger partial charge in [0, 0.05) is 18.0 Å². The zero-order chi connectivity index (χ0) is 22.1. The summed E-state index contributed by atoms with van der Waals surface area (Å²) in [4.78, 5) is 27.0. The quantitative estimate of drug-likeness (QED) is 0.428. The van der Waals surface area contributed by atoms with Crippen LogP contribution in [0.25, 0.3) is 6.08 Å². The fraction of sp³-hybridized carbons (Fsp3) is 0.0870. The Bertz CT molecular complexity index is 1070. The molecule has 1 aromatic heterocycles. The van der Waals surface area contributed by atoms with Crippen molar-refractivity contribution >= 4 is 23.8 Å². The smallest absolute Gasteiger partial charge is 0.411 e. The Balaban J connectivity index is 1.51. The summed E-state index contributed by atoms with van der Waals surface area (Å²) < 4.78 is 29.3. The van der Waals surface area contributed by atoms with Gasteiger partial charge in [0.2, 0.25) is 0 Å². The third-order valence-electron chi connectivity index (χ3n) is 4.00. The molecule has 3 rings (SSSR count). The minimum atomic E-state index is -0.576. The molecule has 1 amide bonds. The SMILES string of the molecule is COC(=O)Nc1ccc(COC(=O)/C=C/c2ccc(Oc3cccnc3)c(F)c2)cc1. The lowest BCUT2D eigenvalue weighted by atomic mass is 10.2. The molecule has 0 aliphatic carbocycles. The maximum absolute atomic E-state index is 14.2. The van der Waals surface area contributed by atoms with Crippen LogP contribution in [0.1, 0.15) is 11.1 Å². The van der Waals surface area contributed by atoms with E-state index >= 15 is 0 Å². The Morgan fingerprint density at radius 3 is 2.61 bits per heavy atom. The average Bonchev–Trinajstić information content (AvgIpc) is 2.79. The second kappa shape index (κ2) is 10.5. The third kappa shape index (κ3) is 6.67. The van der Waals surface area contributed by atoms with Crippen LogP contribution in [0.5, 0.6) is 11.5 Å². The first-order valence-electron chi connectivity index (χ1n) is 9.19. The van der Waals surface area contributed by atoms with Crippen molar-refractivity contribution in [3.8, 4) is 11.5 Å². The zero-order valence-electron chi connectivity index (χ0n) is 16.6. The largest absolute Gasteiger partial charge is 0.458 e. The molecule has 0 unspecified atom stereocenters. The van der Waals surface area contributed by atoms with Crippen LogP contribution >= 0.6 is 0 Å². The molecule has 31 heavy (non-hydrogen) atoms. The van der Waals surface area contributed by atoms with E-state index in [9.17, 15) is 14.0 Å². The van der Waals surface area contributed by atoms with E-state index in [-0.39, 0.29) is 12.4 Å². The lowest BCUT2D eigenvalue weighted by Crippen LogP contribution is -2.10. The topological polar surface area (TPSA) is 86.8 Å². The molecule has 0 saturated heterocycles. The molecular formula is C23H19FN2O5. The molecule has 0 bridgehead atoms. The van der Waals surface area contributed by atoms with Gasteiger partial charge in [0.05, 0.1) is 13.3 Å². The van der Waals surface area contributed by atoms with E-state index in [0.29, 0.717) is 17.0 Å². The Labute approximate surface area is 178 Å². The maximum atomic E-state index is 14.2. The van der Waals surface area contributed by atoms with E-state index in [1.54, 1.807) is 48.7 Å². The summed E-state index contributed by atoms with van der Waals surface area (Å²) in [6.45, 7) is 0.0495. The number of aromatic nitrogens is 1. The van der Waals surface area contributed by atoms with Crippen molar-refractivity contribution in [3.63, 3.8) is 0 Å². The average molecular weight is 422 g/mol. The molecule has 0 aliphatic rings. The van der Waals surface area contributed by atoms with Crippen molar-refractivity contribution in [2.24, 2.45) is 0 Å². The predicted octanol–water partition coefficient (Wildman–Crippen LogP) is 4.95. The second-order valence-electron chi connectivity index (χ2n) is 6.24. The number of hydrogen-bond acceptors (Lipinski definition) is 6. The van der Waals surface area contributed by atoms with Crippen LogP contribution in [-0.2, 0) is 20.9 Å². The van der Waals surface area contributed by atoms with Gasteiger partial charge in [0.15, 0.2) is 11.6 Å². The van der Waals surface area contributed by atoms with E-state index in [1.165, 1.54) is 37.6 Å². The molecule has 1 N–H and O–H groups in total. The summed E-state index contributed by atoms with van der Waals surface area (Å²) in [6.07, 6.45) is 5.16. The van der Waals surface area contributed by atoms with Crippen molar-refractivity contribution in [2.75, 3.05) is 12.4 Å². The minimum Gasteiger partial charge on any atom is -0.458 e. The van der Waals surface area contributed by atoms with Crippen molar-refractivity contribution in [1.82, 2.24) is 4.98 Å². The molecule has 8 heteroatoms. The summed E-state index contributed by atoms with van der Waals surface area (Å²) in [5, 5.41) is 2.52. The Morgan fingerprint density at radius 2 is 1.94 bits per heavy atom. The van der Waals surface area contributed by atoms with Gasteiger partial charge in [-0.1, -0.05) is 18.2 Å². The van der Waals surface area contributed by atoms with Gasteiger partial charge >= 0.3 is 12.1 Å². The van der Waals surface area contributed by atoms with E-state index in [4.69, 9.17) is 9.47 Å². The van der Waals surface area contributed by atoms with Gasteiger partial charge in [-0.25, -0.2) is 14.0 Å². The lowest BCUT2D eigenvalue weighted by molar-refractivity contribution is -0.138. The van der Waals surface area contributed by atoms with Crippen molar-refractivity contribution in [3.05, 3.63) is 90.0 Å². The van der Waals surface area contributed by atoms with Gasteiger partial charge in [0.1, 0.15) is 12.4 Å². The number of ether oxygens (including phenoxy) is 3. The molecule has 0 atom stereocenters. The van der Waals surface area contributed by atoms with Crippen molar-refractivity contribution in [1.29, 1.82) is 0 Å². The van der Waals surface area contributed by atoms with Gasteiger partial charge in [0.25, 0.3) is 0 Å². The maximum Gasteiger partial charge on any atom is 0.411 e. The molecule has 0 radical (unpaired) electrons. The predicted molar refractivity (Wildman–Crippen MR) is 112 cm³/mol. The fourth-order valence-electron chi connectivity index (χ4n) is 2.46. The molecule has 0 saturated carbocycles. The number of nitrogens with zero attached hydrogens (tertiary/aromatic N) is 1. The highest BCUT2D eigenvalue weighted by molar-refractivity contribution is 5.87. The Kier molecular flexibility index (Phi) is 7.31. The fourth-order valence-corrected chi connectivity index (χ4v) is 2.46.